The number of hydrogen-bond donors (Lipinski definition) is 0. The number of benzene rings is 4. The Hall–Kier alpha value is -5.42. The third kappa shape index (κ3) is 3.41. The van der Waals surface area contributed by atoms with Crippen LogP contribution in [0.2, 0.25) is 0 Å². The van der Waals surface area contributed by atoms with E-state index in [0.717, 1.165) is 56.0 Å². The van der Waals surface area contributed by atoms with Crippen LogP contribution in [-0.2, 0) is 0 Å². The van der Waals surface area contributed by atoms with Crippen LogP contribution in [0.3, 0.4) is 0 Å². The zero-order chi connectivity index (χ0) is 25.8. The normalized spacial score (nSPS) is 11.6. The van der Waals surface area contributed by atoms with Gasteiger partial charge in [-0.3, -0.25) is 9.13 Å². The molecule has 0 saturated heterocycles. The van der Waals surface area contributed by atoms with Crippen LogP contribution in [0, 0.1) is 0 Å². The van der Waals surface area contributed by atoms with E-state index in [1.165, 1.54) is 10.8 Å². The highest BCUT2D eigenvalue weighted by molar-refractivity contribution is 6.09. The van der Waals surface area contributed by atoms with Gasteiger partial charge in [0.05, 0.1) is 22.2 Å². The summed E-state index contributed by atoms with van der Waals surface area (Å²) in [5.74, 6) is 2.40. The van der Waals surface area contributed by atoms with E-state index in [1.54, 1.807) is 0 Å². The van der Waals surface area contributed by atoms with E-state index in [4.69, 9.17) is 9.72 Å². The van der Waals surface area contributed by atoms with Gasteiger partial charge >= 0.3 is 0 Å². The van der Waals surface area contributed by atoms with Gasteiger partial charge in [0.1, 0.15) is 23.0 Å². The van der Waals surface area contributed by atoms with Gasteiger partial charge in [0.25, 0.3) is 0 Å². The van der Waals surface area contributed by atoms with E-state index in [0.29, 0.717) is 0 Å². The number of nitrogens with zero attached hydrogens (tertiary/aromatic N) is 4. The second-order valence-corrected chi connectivity index (χ2v) is 9.55. The van der Waals surface area contributed by atoms with Crippen LogP contribution < -0.4 is 4.74 Å². The van der Waals surface area contributed by atoms with E-state index in [9.17, 15) is 0 Å². The molecular weight excluding hydrogens is 480 g/mol. The van der Waals surface area contributed by atoms with Crippen molar-refractivity contribution in [2.75, 3.05) is 0 Å². The number of para-hydroxylation sites is 2. The first-order valence-corrected chi connectivity index (χ1v) is 12.9. The lowest BCUT2D eigenvalue weighted by atomic mass is 10.1. The quantitative estimate of drug-likeness (QED) is 0.242. The predicted octanol–water partition coefficient (Wildman–Crippen LogP) is 8.46. The Morgan fingerprint density at radius 2 is 1.15 bits per heavy atom. The standard InChI is InChI=1S/C34H22N4O/c1-4-15-31-26(11-1)28-18-17-25(22-32(28)38(31)33-16-5-6-19-35-33)39-24-10-7-9-23(21-24)37-30-14-3-2-12-27(30)29-13-8-20-36-34(29)37/h1-22H. The number of pyridine rings is 2. The molecule has 0 unspecified atom stereocenters. The van der Waals surface area contributed by atoms with Gasteiger partial charge in [0.2, 0.25) is 0 Å². The molecule has 0 radical (unpaired) electrons. The molecule has 5 heteroatoms. The summed E-state index contributed by atoms with van der Waals surface area (Å²) >= 11 is 0. The van der Waals surface area contributed by atoms with Crippen LogP contribution in [0.25, 0.3) is 55.2 Å². The average molecular weight is 503 g/mol. The molecule has 0 spiro atoms. The maximum absolute atomic E-state index is 6.47. The average Bonchev–Trinajstić information content (AvgIpc) is 3.50. The first-order valence-electron chi connectivity index (χ1n) is 12.9. The fraction of sp³-hybridized carbons (Fsp3) is 0. The van der Waals surface area contributed by atoms with Crippen LogP contribution in [-0.4, -0.2) is 19.1 Å². The molecule has 0 N–H and O–H groups in total. The molecule has 184 valence electrons. The van der Waals surface area contributed by atoms with Crippen LogP contribution >= 0.6 is 0 Å². The van der Waals surface area contributed by atoms with E-state index >= 15 is 0 Å². The fourth-order valence-electron chi connectivity index (χ4n) is 5.63. The highest BCUT2D eigenvalue weighted by atomic mass is 16.5. The third-order valence-corrected chi connectivity index (χ3v) is 7.27. The predicted molar refractivity (Wildman–Crippen MR) is 157 cm³/mol. The lowest BCUT2D eigenvalue weighted by molar-refractivity contribution is 0.483. The van der Waals surface area contributed by atoms with Gasteiger partial charge in [0, 0.05) is 46.1 Å². The zero-order valence-electron chi connectivity index (χ0n) is 20.9. The number of hydrogen-bond acceptors (Lipinski definition) is 3. The molecule has 8 aromatic rings. The summed E-state index contributed by atoms with van der Waals surface area (Å²) in [6.45, 7) is 0. The first-order chi connectivity index (χ1) is 19.3. The van der Waals surface area contributed by atoms with Crippen molar-refractivity contribution in [3.05, 3.63) is 134 Å². The van der Waals surface area contributed by atoms with Crippen molar-refractivity contribution in [3.63, 3.8) is 0 Å². The molecule has 0 aliphatic heterocycles. The van der Waals surface area contributed by atoms with Gasteiger partial charge in [0.15, 0.2) is 0 Å². The number of aromatic nitrogens is 4. The van der Waals surface area contributed by atoms with E-state index in [-0.39, 0.29) is 0 Å². The summed E-state index contributed by atoms with van der Waals surface area (Å²) in [6, 6.07) is 41.4. The van der Waals surface area contributed by atoms with Crippen LogP contribution in [0.1, 0.15) is 0 Å². The highest BCUT2D eigenvalue weighted by Crippen LogP contribution is 2.36. The Labute approximate surface area is 224 Å². The SMILES string of the molecule is c1ccc(-n2c3ccccc3c3ccc(Oc4cccc(-n5c6ccccc6c6cccnc65)c4)cc32)nc1. The molecule has 0 fully saturated rings. The minimum Gasteiger partial charge on any atom is -0.457 e. The molecule has 0 amide bonds. The lowest BCUT2D eigenvalue weighted by Crippen LogP contribution is -1.97. The van der Waals surface area contributed by atoms with Crippen molar-refractivity contribution in [3.8, 4) is 23.0 Å². The summed E-state index contributed by atoms with van der Waals surface area (Å²) in [7, 11) is 0. The minimum absolute atomic E-state index is 0.759. The van der Waals surface area contributed by atoms with Gasteiger partial charge in [-0.15, -0.1) is 0 Å². The molecule has 4 heterocycles. The summed E-state index contributed by atoms with van der Waals surface area (Å²) in [5.41, 5.74) is 5.21. The Balaban J connectivity index is 1.25. The molecule has 0 aliphatic carbocycles. The van der Waals surface area contributed by atoms with Crippen LogP contribution in [0.5, 0.6) is 11.5 Å². The smallest absolute Gasteiger partial charge is 0.145 e. The summed E-state index contributed by atoms with van der Waals surface area (Å²) < 4.78 is 10.9. The number of fused-ring (bicyclic) bond motifs is 6. The van der Waals surface area contributed by atoms with E-state index in [1.807, 2.05) is 54.9 Å². The maximum Gasteiger partial charge on any atom is 0.145 e. The van der Waals surface area contributed by atoms with Crippen molar-refractivity contribution in [1.82, 2.24) is 19.1 Å². The van der Waals surface area contributed by atoms with Crippen molar-refractivity contribution in [2.45, 2.75) is 0 Å². The minimum atomic E-state index is 0.759. The molecule has 4 aromatic carbocycles. The largest absolute Gasteiger partial charge is 0.457 e. The summed E-state index contributed by atoms with van der Waals surface area (Å²) in [5, 5.41) is 4.66. The molecule has 0 bridgehead atoms. The van der Waals surface area contributed by atoms with Gasteiger partial charge in [-0.1, -0.05) is 48.5 Å². The Morgan fingerprint density at radius 1 is 0.462 bits per heavy atom. The first kappa shape index (κ1) is 21.6. The molecule has 39 heavy (non-hydrogen) atoms. The van der Waals surface area contributed by atoms with Crippen molar-refractivity contribution < 1.29 is 4.74 Å². The van der Waals surface area contributed by atoms with E-state index in [2.05, 4.69) is 93.0 Å². The molecule has 0 saturated carbocycles. The zero-order valence-corrected chi connectivity index (χ0v) is 20.9. The van der Waals surface area contributed by atoms with Crippen LogP contribution in [0.15, 0.2) is 134 Å². The summed E-state index contributed by atoms with van der Waals surface area (Å²) in [6.07, 6.45) is 3.67. The second-order valence-electron chi connectivity index (χ2n) is 9.55. The van der Waals surface area contributed by atoms with Crippen molar-refractivity contribution in [1.29, 1.82) is 0 Å². The van der Waals surface area contributed by atoms with Crippen molar-refractivity contribution >= 4 is 43.7 Å². The van der Waals surface area contributed by atoms with Gasteiger partial charge in [-0.25, -0.2) is 9.97 Å². The highest BCUT2D eigenvalue weighted by Gasteiger charge is 2.15. The Kier molecular flexibility index (Phi) is 4.76. The number of rotatable bonds is 4. The third-order valence-electron chi connectivity index (χ3n) is 7.27. The maximum atomic E-state index is 6.47. The molecule has 5 nitrogen and oxygen atoms in total. The Bertz CT molecular complexity index is 2100. The van der Waals surface area contributed by atoms with Gasteiger partial charge in [-0.05, 0) is 60.7 Å². The Morgan fingerprint density at radius 3 is 2.00 bits per heavy atom. The van der Waals surface area contributed by atoms with Crippen LogP contribution in [0.4, 0.5) is 0 Å². The van der Waals surface area contributed by atoms with Crippen molar-refractivity contribution in [2.24, 2.45) is 0 Å². The monoisotopic (exact) mass is 502 g/mol. The fourth-order valence-corrected chi connectivity index (χ4v) is 5.63. The molecule has 8 rings (SSSR count). The summed E-state index contributed by atoms with van der Waals surface area (Å²) in [4.78, 5) is 9.35. The molecular formula is C34H22N4O. The van der Waals surface area contributed by atoms with Gasteiger partial charge < -0.3 is 4.74 Å². The lowest BCUT2D eigenvalue weighted by Gasteiger charge is -2.11. The molecule has 4 aromatic heterocycles. The molecule has 0 aliphatic rings. The van der Waals surface area contributed by atoms with Gasteiger partial charge in [-0.2, -0.15) is 0 Å². The topological polar surface area (TPSA) is 44.9 Å². The molecule has 0 atom stereocenters. The second kappa shape index (κ2) is 8.57. The van der Waals surface area contributed by atoms with E-state index < -0.39 is 0 Å². The number of ether oxygens (including phenoxy) is 1.